The molecule has 0 aliphatic carbocycles. The largest absolute Gasteiger partial charge is 0.492 e. The van der Waals surface area contributed by atoms with E-state index in [0.717, 1.165) is 24.3 Å². The van der Waals surface area contributed by atoms with Crippen molar-refractivity contribution in [3.63, 3.8) is 0 Å². The first-order chi connectivity index (χ1) is 8.79. The molecule has 0 fully saturated rings. The normalized spacial score (nSPS) is 12.3. The van der Waals surface area contributed by atoms with Gasteiger partial charge in [-0.05, 0) is 24.1 Å². The molecule has 2 aromatic rings. The Kier molecular flexibility index (Phi) is 4.36. The van der Waals surface area contributed by atoms with Gasteiger partial charge in [-0.25, -0.2) is 4.98 Å². The van der Waals surface area contributed by atoms with Crippen LogP contribution < -0.4 is 10.5 Å². The van der Waals surface area contributed by atoms with Crippen molar-refractivity contribution in [2.45, 2.75) is 25.9 Å². The summed E-state index contributed by atoms with van der Waals surface area (Å²) in [5.41, 5.74) is 7.11. The number of hydrogen-bond acceptors (Lipinski definition) is 3. The van der Waals surface area contributed by atoms with Crippen molar-refractivity contribution in [3.8, 4) is 5.75 Å². The fourth-order valence-corrected chi connectivity index (χ4v) is 1.73. The summed E-state index contributed by atoms with van der Waals surface area (Å²) in [5, 5.41) is 0. The van der Waals surface area contributed by atoms with Crippen molar-refractivity contribution in [1.29, 1.82) is 0 Å². The summed E-state index contributed by atoms with van der Waals surface area (Å²) in [7, 11) is 0. The molecule has 2 rings (SSSR count). The standard InChI is InChI=1S/C14H19N3O/c1-2-14(15)12-3-5-13(6-4-12)18-10-9-17-8-7-16-11-17/h3-8,11,14H,2,9-10,15H2,1H3/t14-/m1/s1. The van der Waals surface area contributed by atoms with Crippen molar-refractivity contribution in [1.82, 2.24) is 9.55 Å². The van der Waals surface area contributed by atoms with Gasteiger partial charge in [0.1, 0.15) is 12.4 Å². The van der Waals surface area contributed by atoms with Crippen LogP contribution in [0.15, 0.2) is 43.0 Å². The molecule has 1 atom stereocenters. The van der Waals surface area contributed by atoms with Crippen molar-refractivity contribution in [2.24, 2.45) is 5.73 Å². The molecule has 4 nitrogen and oxygen atoms in total. The lowest BCUT2D eigenvalue weighted by molar-refractivity contribution is 0.298. The van der Waals surface area contributed by atoms with Crippen LogP contribution in [0.25, 0.3) is 0 Å². The molecule has 0 saturated heterocycles. The second-order valence-corrected chi connectivity index (χ2v) is 4.23. The van der Waals surface area contributed by atoms with Crippen LogP contribution in [0, 0.1) is 0 Å². The number of rotatable bonds is 6. The zero-order valence-corrected chi connectivity index (χ0v) is 10.6. The minimum Gasteiger partial charge on any atom is -0.492 e. The Labute approximate surface area is 107 Å². The highest BCUT2D eigenvalue weighted by Gasteiger charge is 2.02. The average molecular weight is 245 g/mol. The minimum atomic E-state index is 0.116. The van der Waals surface area contributed by atoms with Crippen LogP contribution in [-0.4, -0.2) is 16.2 Å². The topological polar surface area (TPSA) is 53.1 Å². The molecular formula is C14H19N3O. The van der Waals surface area contributed by atoms with Crippen LogP contribution in [0.4, 0.5) is 0 Å². The van der Waals surface area contributed by atoms with Gasteiger partial charge < -0.3 is 15.0 Å². The molecule has 0 amide bonds. The number of hydrogen-bond donors (Lipinski definition) is 1. The average Bonchev–Trinajstić information content (AvgIpc) is 2.92. The second-order valence-electron chi connectivity index (χ2n) is 4.23. The molecule has 0 aliphatic heterocycles. The molecule has 0 unspecified atom stereocenters. The van der Waals surface area contributed by atoms with Gasteiger partial charge in [0.25, 0.3) is 0 Å². The Morgan fingerprint density at radius 2 is 2.11 bits per heavy atom. The molecular weight excluding hydrogens is 226 g/mol. The van der Waals surface area contributed by atoms with Crippen molar-refractivity contribution < 1.29 is 4.74 Å². The summed E-state index contributed by atoms with van der Waals surface area (Å²) >= 11 is 0. The Morgan fingerprint density at radius 3 is 2.72 bits per heavy atom. The van der Waals surface area contributed by atoms with E-state index in [-0.39, 0.29) is 6.04 Å². The van der Waals surface area contributed by atoms with E-state index >= 15 is 0 Å². The van der Waals surface area contributed by atoms with Crippen molar-refractivity contribution in [2.75, 3.05) is 6.61 Å². The smallest absolute Gasteiger partial charge is 0.119 e. The van der Waals surface area contributed by atoms with Gasteiger partial charge in [0, 0.05) is 18.4 Å². The summed E-state index contributed by atoms with van der Waals surface area (Å²) in [6.07, 6.45) is 6.42. The monoisotopic (exact) mass is 245 g/mol. The lowest BCUT2D eigenvalue weighted by Gasteiger charge is -2.11. The first-order valence-electron chi connectivity index (χ1n) is 6.23. The predicted octanol–water partition coefficient (Wildman–Crippen LogP) is 2.37. The third-order valence-electron chi connectivity index (χ3n) is 2.93. The fourth-order valence-electron chi connectivity index (χ4n) is 1.73. The number of aromatic nitrogens is 2. The van der Waals surface area contributed by atoms with Gasteiger partial charge >= 0.3 is 0 Å². The van der Waals surface area contributed by atoms with E-state index in [1.165, 1.54) is 0 Å². The lowest BCUT2D eigenvalue weighted by Crippen LogP contribution is -2.09. The van der Waals surface area contributed by atoms with Crippen molar-refractivity contribution in [3.05, 3.63) is 48.5 Å². The highest BCUT2D eigenvalue weighted by atomic mass is 16.5. The van der Waals surface area contributed by atoms with Crippen LogP contribution in [0.3, 0.4) is 0 Å². The van der Waals surface area contributed by atoms with Gasteiger partial charge in [0.2, 0.25) is 0 Å². The Morgan fingerprint density at radius 1 is 1.33 bits per heavy atom. The molecule has 0 spiro atoms. The Hall–Kier alpha value is -1.81. The highest BCUT2D eigenvalue weighted by molar-refractivity contribution is 5.28. The number of benzene rings is 1. The molecule has 96 valence electrons. The summed E-state index contributed by atoms with van der Waals surface area (Å²) in [6.45, 7) is 3.52. The molecule has 1 heterocycles. The third kappa shape index (κ3) is 3.34. The number of nitrogens with two attached hydrogens (primary N) is 1. The molecule has 2 N–H and O–H groups in total. The molecule has 1 aromatic heterocycles. The van der Waals surface area contributed by atoms with E-state index in [1.54, 1.807) is 12.5 Å². The molecule has 0 aliphatic rings. The van der Waals surface area contributed by atoms with E-state index in [0.29, 0.717) is 6.61 Å². The van der Waals surface area contributed by atoms with E-state index < -0.39 is 0 Å². The summed E-state index contributed by atoms with van der Waals surface area (Å²) in [5.74, 6) is 0.877. The zero-order valence-electron chi connectivity index (χ0n) is 10.6. The maximum Gasteiger partial charge on any atom is 0.119 e. The molecule has 1 aromatic carbocycles. The zero-order chi connectivity index (χ0) is 12.8. The number of nitrogens with zero attached hydrogens (tertiary/aromatic N) is 2. The van der Waals surface area contributed by atoms with Gasteiger partial charge in [-0.15, -0.1) is 0 Å². The van der Waals surface area contributed by atoms with Gasteiger partial charge in [-0.2, -0.15) is 0 Å². The van der Waals surface area contributed by atoms with Gasteiger partial charge in [-0.3, -0.25) is 0 Å². The molecule has 18 heavy (non-hydrogen) atoms. The van der Waals surface area contributed by atoms with E-state index in [9.17, 15) is 0 Å². The number of imidazole rings is 1. The van der Waals surface area contributed by atoms with Crippen LogP contribution in [0.5, 0.6) is 5.75 Å². The maximum atomic E-state index is 5.96. The SMILES string of the molecule is CC[C@@H](N)c1ccc(OCCn2ccnc2)cc1. The Bertz CT molecular complexity index is 450. The van der Waals surface area contributed by atoms with Crippen LogP contribution in [0.1, 0.15) is 24.9 Å². The van der Waals surface area contributed by atoms with E-state index in [4.69, 9.17) is 10.5 Å². The molecule has 4 heteroatoms. The quantitative estimate of drug-likeness (QED) is 0.850. The number of ether oxygens (including phenoxy) is 1. The third-order valence-corrected chi connectivity index (χ3v) is 2.93. The highest BCUT2D eigenvalue weighted by Crippen LogP contribution is 2.18. The van der Waals surface area contributed by atoms with Crippen LogP contribution >= 0.6 is 0 Å². The van der Waals surface area contributed by atoms with E-state index in [2.05, 4.69) is 11.9 Å². The summed E-state index contributed by atoms with van der Waals surface area (Å²) in [4.78, 5) is 3.98. The lowest BCUT2D eigenvalue weighted by atomic mass is 10.1. The van der Waals surface area contributed by atoms with Crippen molar-refractivity contribution >= 4 is 0 Å². The van der Waals surface area contributed by atoms with Gasteiger partial charge in [0.05, 0.1) is 12.9 Å². The fraction of sp³-hybridized carbons (Fsp3) is 0.357. The minimum absolute atomic E-state index is 0.116. The summed E-state index contributed by atoms with van der Waals surface area (Å²) in [6, 6.07) is 8.11. The molecule has 0 saturated carbocycles. The predicted molar refractivity (Wildman–Crippen MR) is 71.4 cm³/mol. The van der Waals surface area contributed by atoms with Crippen LogP contribution in [-0.2, 0) is 6.54 Å². The maximum absolute atomic E-state index is 5.96. The Balaban J connectivity index is 1.83. The van der Waals surface area contributed by atoms with Crippen LogP contribution in [0.2, 0.25) is 0 Å². The molecule has 0 bridgehead atoms. The first-order valence-corrected chi connectivity index (χ1v) is 6.23. The first kappa shape index (κ1) is 12.6. The summed E-state index contributed by atoms with van der Waals surface area (Å²) < 4.78 is 7.65. The second kappa shape index (κ2) is 6.21. The van der Waals surface area contributed by atoms with Gasteiger partial charge in [-0.1, -0.05) is 19.1 Å². The van der Waals surface area contributed by atoms with E-state index in [1.807, 2.05) is 35.0 Å². The molecule has 0 radical (unpaired) electrons. The van der Waals surface area contributed by atoms with Gasteiger partial charge in [0.15, 0.2) is 0 Å².